The van der Waals surface area contributed by atoms with Crippen molar-refractivity contribution in [3.8, 4) is 11.4 Å². The zero-order valence-electron chi connectivity index (χ0n) is 17.0. The van der Waals surface area contributed by atoms with Gasteiger partial charge < -0.3 is 15.4 Å². The van der Waals surface area contributed by atoms with E-state index in [1.165, 1.54) is 0 Å². The first-order valence-corrected chi connectivity index (χ1v) is 9.75. The maximum absolute atomic E-state index is 6.13. The smallest absolute Gasteiger partial charge is 0.191 e. The maximum atomic E-state index is 6.13. The van der Waals surface area contributed by atoms with E-state index in [1.54, 1.807) is 13.4 Å². The molecule has 0 saturated carbocycles. The molecule has 1 aliphatic heterocycles. The molecule has 7 nitrogen and oxygen atoms in total. The lowest BCUT2D eigenvalue weighted by Crippen LogP contribution is -2.45. The molecule has 2 heterocycles. The predicted octanol–water partition coefficient (Wildman–Crippen LogP) is 3.23. The van der Waals surface area contributed by atoms with Crippen LogP contribution in [0.5, 0.6) is 5.75 Å². The fourth-order valence-corrected chi connectivity index (χ4v) is 3.64. The summed E-state index contributed by atoms with van der Waals surface area (Å²) >= 11 is 0. The van der Waals surface area contributed by atoms with Crippen molar-refractivity contribution in [3.05, 3.63) is 72.3 Å². The number of fused-ring (bicyclic) bond motifs is 1. The minimum Gasteiger partial charge on any atom is -0.487 e. The van der Waals surface area contributed by atoms with Crippen molar-refractivity contribution in [2.75, 3.05) is 7.05 Å². The van der Waals surface area contributed by atoms with Gasteiger partial charge in [-0.2, -0.15) is 0 Å². The average molecular weight is 390 g/mol. The third-order valence-corrected chi connectivity index (χ3v) is 4.98. The second-order valence-corrected chi connectivity index (χ2v) is 7.68. The highest BCUT2D eigenvalue weighted by Gasteiger charge is 2.33. The van der Waals surface area contributed by atoms with Crippen LogP contribution in [0.15, 0.2) is 65.9 Å². The number of ether oxygens (including phenoxy) is 1. The first-order chi connectivity index (χ1) is 14.1. The van der Waals surface area contributed by atoms with Crippen molar-refractivity contribution in [3.63, 3.8) is 0 Å². The molecule has 1 aliphatic rings. The summed E-state index contributed by atoms with van der Waals surface area (Å²) in [7, 11) is 1.77. The van der Waals surface area contributed by atoms with Gasteiger partial charge in [0.15, 0.2) is 11.8 Å². The molecule has 0 saturated heterocycles. The number of aliphatic imine (C=N–C) groups is 1. The van der Waals surface area contributed by atoms with E-state index < -0.39 is 0 Å². The number of rotatable bonds is 4. The fraction of sp³-hybridized carbons (Fsp3) is 0.318. The minimum absolute atomic E-state index is 0.105. The summed E-state index contributed by atoms with van der Waals surface area (Å²) in [4.78, 5) is 4.40. The summed E-state index contributed by atoms with van der Waals surface area (Å²) in [6.07, 6.45) is 2.56. The van der Waals surface area contributed by atoms with Crippen LogP contribution < -0.4 is 15.4 Å². The Hall–Kier alpha value is -3.35. The van der Waals surface area contributed by atoms with Crippen molar-refractivity contribution in [1.82, 2.24) is 25.4 Å². The van der Waals surface area contributed by atoms with Gasteiger partial charge in [-0.3, -0.25) is 9.56 Å². The molecule has 3 aromatic rings. The topological polar surface area (TPSA) is 76.4 Å². The summed E-state index contributed by atoms with van der Waals surface area (Å²) in [5, 5.41) is 15.2. The molecule has 0 amide bonds. The molecule has 4 rings (SSSR count). The lowest BCUT2D eigenvalue weighted by atomic mass is 9.90. The Morgan fingerprint density at radius 3 is 2.72 bits per heavy atom. The second-order valence-electron chi connectivity index (χ2n) is 7.68. The first-order valence-electron chi connectivity index (χ1n) is 9.75. The molecule has 7 heteroatoms. The molecule has 0 fully saturated rings. The van der Waals surface area contributed by atoms with Crippen LogP contribution in [0.4, 0.5) is 0 Å². The molecule has 29 heavy (non-hydrogen) atoms. The first kappa shape index (κ1) is 19.0. The van der Waals surface area contributed by atoms with Crippen LogP contribution in [-0.2, 0) is 6.54 Å². The highest BCUT2D eigenvalue weighted by Crippen LogP contribution is 2.39. The summed E-state index contributed by atoms with van der Waals surface area (Å²) in [6.45, 7) is 4.72. The van der Waals surface area contributed by atoms with Crippen LogP contribution in [0.1, 0.15) is 37.7 Å². The van der Waals surface area contributed by atoms with E-state index >= 15 is 0 Å². The van der Waals surface area contributed by atoms with Gasteiger partial charge in [0.25, 0.3) is 0 Å². The Labute approximate surface area is 170 Å². The maximum Gasteiger partial charge on any atom is 0.191 e. The van der Waals surface area contributed by atoms with Gasteiger partial charge in [0.1, 0.15) is 17.7 Å². The van der Waals surface area contributed by atoms with Gasteiger partial charge in [0.2, 0.25) is 0 Å². The molecule has 0 spiro atoms. The van der Waals surface area contributed by atoms with Gasteiger partial charge in [-0.1, -0.05) is 36.4 Å². The number of guanidine groups is 1. The van der Waals surface area contributed by atoms with Crippen LogP contribution in [0, 0.1) is 0 Å². The third kappa shape index (κ3) is 4.23. The van der Waals surface area contributed by atoms with Crippen LogP contribution in [0.2, 0.25) is 0 Å². The Morgan fingerprint density at radius 2 is 1.93 bits per heavy atom. The van der Waals surface area contributed by atoms with E-state index in [-0.39, 0.29) is 11.6 Å². The summed E-state index contributed by atoms with van der Waals surface area (Å²) in [6, 6.07) is 18.3. The van der Waals surface area contributed by atoms with E-state index in [1.807, 2.05) is 53.1 Å². The Kier molecular flexibility index (Phi) is 5.20. The number of hydrogen-bond acceptors (Lipinski definition) is 4. The molecule has 0 bridgehead atoms. The number of hydrogen-bond donors (Lipinski definition) is 2. The Bertz CT molecular complexity index is 995. The molecule has 0 radical (unpaired) electrons. The molecule has 2 aromatic carbocycles. The normalized spacial score (nSPS) is 17.9. The van der Waals surface area contributed by atoms with Crippen molar-refractivity contribution >= 4 is 5.96 Å². The van der Waals surface area contributed by atoms with Crippen molar-refractivity contribution in [2.45, 2.75) is 38.5 Å². The van der Waals surface area contributed by atoms with Gasteiger partial charge in [0.05, 0.1) is 12.6 Å². The second kappa shape index (κ2) is 7.95. The standard InChI is InChI=1S/C22H26N6O/c1-22(2)13-18(17-11-7-8-12-19(17)29-22)26-21(23-3)24-14-20-27-25-15-28(20)16-9-5-4-6-10-16/h4-12,15,18H,13-14H2,1-3H3,(H2,23,24,26). The van der Waals surface area contributed by atoms with Crippen LogP contribution in [-0.4, -0.2) is 33.4 Å². The van der Waals surface area contributed by atoms with Gasteiger partial charge in [-0.15, -0.1) is 10.2 Å². The van der Waals surface area contributed by atoms with E-state index in [4.69, 9.17) is 4.74 Å². The van der Waals surface area contributed by atoms with Gasteiger partial charge in [0, 0.05) is 24.7 Å². The van der Waals surface area contributed by atoms with Gasteiger partial charge in [-0.05, 0) is 32.0 Å². The number of nitrogens with one attached hydrogen (secondary N) is 2. The lowest BCUT2D eigenvalue weighted by molar-refractivity contribution is 0.0694. The molecular weight excluding hydrogens is 364 g/mol. The summed E-state index contributed by atoms with van der Waals surface area (Å²) in [5.41, 5.74) is 1.91. The predicted molar refractivity (Wildman–Crippen MR) is 113 cm³/mol. The molecule has 1 atom stereocenters. The largest absolute Gasteiger partial charge is 0.487 e. The Balaban J connectivity index is 1.47. The summed E-state index contributed by atoms with van der Waals surface area (Å²) < 4.78 is 8.09. The van der Waals surface area contributed by atoms with Gasteiger partial charge in [-0.25, -0.2) is 0 Å². The number of aromatic nitrogens is 3. The lowest BCUT2D eigenvalue weighted by Gasteiger charge is -2.38. The highest BCUT2D eigenvalue weighted by atomic mass is 16.5. The SMILES string of the molecule is CN=C(NCc1nncn1-c1ccccc1)NC1CC(C)(C)Oc2ccccc21. The Morgan fingerprint density at radius 1 is 1.17 bits per heavy atom. The summed E-state index contributed by atoms with van der Waals surface area (Å²) in [5.74, 6) is 2.44. The van der Waals surface area contributed by atoms with E-state index in [0.717, 1.165) is 29.2 Å². The zero-order valence-corrected chi connectivity index (χ0v) is 17.0. The molecular formula is C22H26N6O. The quantitative estimate of drug-likeness (QED) is 0.528. The number of benzene rings is 2. The fourth-order valence-electron chi connectivity index (χ4n) is 3.64. The van der Waals surface area contributed by atoms with Crippen molar-refractivity contribution in [1.29, 1.82) is 0 Å². The van der Waals surface area contributed by atoms with Crippen molar-refractivity contribution in [2.24, 2.45) is 4.99 Å². The van der Waals surface area contributed by atoms with Crippen molar-refractivity contribution < 1.29 is 4.74 Å². The highest BCUT2D eigenvalue weighted by molar-refractivity contribution is 5.80. The van der Waals surface area contributed by atoms with Crippen LogP contribution >= 0.6 is 0 Å². The molecule has 150 valence electrons. The minimum atomic E-state index is -0.252. The average Bonchev–Trinajstić information content (AvgIpc) is 3.19. The number of nitrogens with zero attached hydrogens (tertiary/aromatic N) is 4. The van der Waals surface area contributed by atoms with Gasteiger partial charge >= 0.3 is 0 Å². The van der Waals surface area contributed by atoms with E-state index in [0.29, 0.717) is 12.5 Å². The van der Waals surface area contributed by atoms with E-state index in [9.17, 15) is 0 Å². The third-order valence-electron chi connectivity index (χ3n) is 4.98. The molecule has 1 aromatic heterocycles. The van der Waals surface area contributed by atoms with Crippen LogP contribution in [0.3, 0.4) is 0 Å². The van der Waals surface area contributed by atoms with E-state index in [2.05, 4.69) is 45.7 Å². The monoisotopic (exact) mass is 390 g/mol. The molecule has 0 aliphatic carbocycles. The van der Waals surface area contributed by atoms with Crippen LogP contribution in [0.25, 0.3) is 5.69 Å². The number of para-hydroxylation sites is 2. The zero-order chi connectivity index (χ0) is 20.3. The molecule has 1 unspecified atom stereocenters. The molecule has 2 N–H and O–H groups in total.